The van der Waals surface area contributed by atoms with E-state index in [1.807, 2.05) is 31.4 Å². The average Bonchev–Trinajstić information content (AvgIpc) is 2.89. The zero-order valence-corrected chi connectivity index (χ0v) is 11.0. The van der Waals surface area contributed by atoms with Crippen LogP contribution in [0.4, 0.5) is 5.00 Å². The molecule has 2 aromatic heterocycles. The van der Waals surface area contributed by atoms with Crippen LogP contribution in [0.1, 0.15) is 25.7 Å². The fourth-order valence-electron chi connectivity index (χ4n) is 1.44. The van der Waals surface area contributed by atoms with Crippen molar-refractivity contribution in [2.45, 2.75) is 13.8 Å². The van der Waals surface area contributed by atoms with E-state index in [1.165, 1.54) is 22.7 Å². The summed E-state index contributed by atoms with van der Waals surface area (Å²) >= 11 is 2.83. The van der Waals surface area contributed by atoms with Gasteiger partial charge >= 0.3 is 0 Å². The molecule has 0 bridgehead atoms. The Balaban J connectivity index is 2.32. The number of hydrogen-bond acceptors (Lipinski definition) is 4. The van der Waals surface area contributed by atoms with Gasteiger partial charge in [-0.2, -0.15) is 5.26 Å². The first kappa shape index (κ1) is 11.8. The third-order valence-corrected chi connectivity index (χ3v) is 4.45. The molecule has 0 fully saturated rings. The van der Waals surface area contributed by atoms with Crippen molar-refractivity contribution in [3.05, 3.63) is 38.4 Å². The van der Waals surface area contributed by atoms with Gasteiger partial charge in [-0.05, 0) is 36.9 Å². The maximum Gasteiger partial charge on any atom is 0.267 e. The maximum absolute atomic E-state index is 12.0. The number of aryl methyl sites for hydroxylation is 1. The van der Waals surface area contributed by atoms with E-state index in [-0.39, 0.29) is 5.91 Å². The van der Waals surface area contributed by atoms with Crippen molar-refractivity contribution in [2.75, 3.05) is 5.32 Å². The summed E-state index contributed by atoms with van der Waals surface area (Å²) in [4.78, 5) is 13.5. The van der Waals surface area contributed by atoms with Gasteiger partial charge in [-0.25, -0.2) is 0 Å². The Labute approximate surface area is 107 Å². The predicted octanol–water partition coefficient (Wildman–Crippen LogP) is 3.55. The van der Waals surface area contributed by atoms with E-state index in [0.29, 0.717) is 10.4 Å². The van der Waals surface area contributed by atoms with Crippen molar-refractivity contribution in [2.24, 2.45) is 0 Å². The summed E-state index contributed by atoms with van der Waals surface area (Å²) in [6, 6.07) is 5.80. The molecule has 0 atom stereocenters. The molecule has 0 aliphatic carbocycles. The van der Waals surface area contributed by atoms with Gasteiger partial charge in [0, 0.05) is 4.88 Å². The van der Waals surface area contributed by atoms with Crippen molar-refractivity contribution in [3.63, 3.8) is 0 Å². The molecule has 2 rings (SSSR count). The van der Waals surface area contributed by atoms with Crippen LogP contribution < -0.4 is 5.32 Å². The molecule has 0 aliphatic heterocycles. The molecule has 3 nitrogen and oxygen atoms in total. The summed E-state index contributed by atoms with van der Waals surface area (Å²) in [5, 5.41) is 14.5. The molecule has 1 amide bonds. The van der Waals surface area contributed by atoms with Crippen LogP contribution in [0.5, 0.6) is 0 Å². The van der Waals surface area contributed by atoms with Crippen LogP contribution in [-0.2, 0) is 0 Å². The molecular formula is C12H10N2OS2. The lowest BCUT2D eigenvalue weighted by molar-refractivity contribution is 0.103. The molecule has 0 aromatic carbocycles. The first-order chi connectivity index (χ1) is 8.13. The Kier molecular flexibility index (Phi) is 3.27. The summed E-state index contributed by atoms with van der Waals surface area (Å²) in [6.45, 7) is 3.79. The highest BCUT2D eigenvalue weighted by Gasteiger charge is 2.18. The first-order valence-corrected chi connectivity index (χ1v) is 6.68. The molecule has 2 heterocycles. The minimum atomic E-state index is -0.204. The molecule has 0 spiro atoms. The number of nitrogens with zero attached hydrogens (tertiary/aromatic N) is 1. The maximum atomic E-state index is 12.0. The van der Waals surface area contributed by atoms with E-state index in [9.17, 15) is 4.79 Å². The molecule has 86 valence electrons. The molecule has 0 saturated carbocycles. The average molecular weight is 262 g/mol. The molecule has 0 saturated heterocycles. The third-order valence-electron chi connectivity index (χ3n) is 2.46. The van der Waals surface area contributed by atoms with Crippen LogP contribution in [0.15, 0.2) is 17.5 Å². The highest BCUT2D eigenvalue weighted by Crippen LogP contribution is 2.28. The Morgan fingerprint density at radius 1 is 1.47 bits per heavy atom. The number of nitriles is 1. The largest absolute Gasteiger partial charge is 0.313 e. The standard InChI is InChI=1S/C12H10N2OS2/c1-7-8(2)17-11(9(7)6-13)12(15)14-10-4-3-5-16-10/h3-5H,1-2H3,(H,14,15). The van der Waals surface area contributed by atoms with E-state index in [2.05, 4.69) is 11.4 Å². The van der Waals surface area contributed by atoms with Gasteiger partial charge in [-0.3, -0.25) is 4.79 Å². The van der Waals surface area contributed by atoms with Crippen LogP contribution in [0.3, 0.4) is 0 Å². The number of nitrogens with one attached hydrogen (secondary N) is 1. The van der Waals surface area contributed by atoms with E-state index in [4.69, 9.17) is 5.26 Å². The van der Waals surface area contributed by atoms with E-state index < -0.39 is 0 Å². The Morgan fingerprint density at radius 2 is 2.24 bits per heavy atom. The molecule has 2 aromatic rings. The van der Waals surface area contributed by atoms with Crippen LogP contribution in [-0.4, -0.2) is 5.91 Å². The lowest BCUT2D eigenvalue weighted by atomic mass is 10.1. The molecule has 17 heavy (non-hydrogen) atoms. The number of rotatable bonds is 2. The SMILES string of the molecule is Cc1sc(C(=O)Nc2cccs2)c(C#N)c1C. The summed E-state index contributed by atoms with van der Waals surface area (Å²) in [7, 11) is 0. The van der Waals surface area contributed by atoms with Crippen LogP contribution in [0, 0.1) is 25.2 Å². The molecule has 0 radical (unpaired) electrons. The zero-order valence-electron chi connectivity index (χ0n) is 9.40. The Hall–Kier alpha value is -1.64. The predicted molar refractivity (Wildman–Crippen MR) is 70.8 cm³/mol. The second-order valence-corrected chi connectivity index (χ2v) is 5.70. The van der Waals surface area contributed by atoms with Gasteiger partial charge < -0.3 is 5.32 Å². The monoisotopic (exact) mass is 262 g/mol. The number of anilines is 1. The first-order valence-electron chi connectivity index (χ1n) is 4.98. The third kappa shape index (κ3) is 2.23. The van der Waals surface area contributed by atoms with Crippen molar-refractivity contribution in [1.82, 2.24) is 0 Å². The van der Waals surface area contributed by atoms with Gasteiger partial charge in [0.15, 0.2) is 0 Å². The molecule has 5 heteroatoms. The van der Waals surface area contributed by atoms with Gasteiger partial charge in [-0.15, -0.1) is 22.7 Å². The van der Waals surface area contributed by atoms with Gasteiger partial charge in [-0.1, -0.05) is 0 Å². The topological polar surface area (TPSA) is 52.9 Å². The van der Waals surface area contributed by atoms with E-state index in [1.54, 1.807) is 0 Å². The lowest BCUT2D eigenvalue weighted by Gasteiger charge is -1.99. The summed E-state index contributed by atoms with van der Waals surface area (Å²) in [6.07, 6.45) is 0. The minimum absolute atomic E-state index is 0.204. The Morgan fingerprint density at radius 3 is 2.82 bits per heavy atom. The molecule has 1 N–H and O–H groups in total. The molecule has 0 unspecified atom stereocenters. The van der Waals surface area contributed by atoms with Gasteiger partial charge in [0.05, 0.1) is 10.6 Å². The van der Waals surface area contributed by atoms with Gasteiger partial charge in [0.25, 0.3) is 5.91 Å². The second kappa shape index (κ2) is 4.70. The molecular weight excluding hydrogens is 252 g/mol. The van der Waals surface area contributed by atoms with Crippen molar-refractivity contribution in [1.29, 1.82) is 5.26 Å². The zero-order chi connectivity index (χ0) is 12.4. The van der Waals surface area contributed by atoms with Crippen LogP contribution >= 0.6 is 22.7 Å². The van der Waals surface area contributed by atoms with Crippen LogP contribution in [0.2, 0.25) is 0 Å². The van der Waals surface area contributed by atoms with Crippen molar-refractivity contribution < 1.29 is 4.79 Å². The molecule has 0 aliphatic rings. The van der Waals surface area contributed by atoms with Gasteiger partial charge in [0.2, 0.25) is 0 Å². The summed E-state index contributed by atoms with van der Waals surface area (Å²) in [5.74, 6) is -0.204. The van der Waals surface area contributed by atoms with E-state index in [0.717, 1.165) is 15.4 Å². The second-order valence-electron chi connectivity index (χ2n) is 3.53. The fourth-order valence-corrected chi connectivity index (χ4v) is 3.06. The lowest BCUT2D eigenvalue weighted by Crippen LogP contribution is -2.10. The Bertz CT molecular complexity index is 591. The fraction of sp³-hybridized carbons (Fsp3) is 0.167. The number of amides is 1. The minimum Gasteiger partial charge on any atom is -0.313 e. The highest BCUT2D eigenvalue weighted by atomic mass is 32.1. The number of carbonyl (C=O) groups excluding carboxylic acids is 1. The number of hydrogen-bond donors (Lipinski definition) is 1. The highest BCUT2D eigenvalue weighted by molar-refractivity contribution is 7.15. The number of carbonyl (C=O) groups is 1. The van der Waals surface area contributed by atoms with E-state index >= 15 is 0 Å². The van der Waals surface area contributed by atoms with Gasteiger partial charge in [0.1, 0.15) is 10.9 Å². The summed E-state index contributed by atoms with van der Waals surface area (Å²) < 4.78 is 0. The van der Waals surface area contributed by atoms with Crippen molar-refractivity contribution in [3.8, 4) is 6.07 Å². The smallest absolute Gasteiger partial charge is 0.267 e. The quantitative estimate of drug-likeness (QED) is 0.899. The van der Waals surface area contributed by atoms with Crippen molar-refractivity contribution >= 4 is 33.6 Å². The summed E-state index contributed by atoms with van der Waals surface area (Å²) in [5.41, 5.74) is 1.38. The number of thiophene rings is 2. The van der Waals surface area contributed by atoms with Crippen LogP contribution in [0.25, 0.3) is 0 Å². The normalized spacial score (nSPS) is 9.94.